The third kappa shape index (κ3) is 5.79. The van der Waals surface area contributed by atoms with Crippen LogP contribution in [0, 0.1) is 0 Å². The zero-order valence-corrected chi connectivity index (χ0v) is 22.3. The van der Waals surface area contributed by atoms with Crippen LogP contribution in [0.25, 0.3) is 0 Å². The van der Waals surface area contributed by atoms with Crippen LogP contribution in [0.4, 0.5) is 0 Å². The van der Waals surface area contributed by atoms with Gasteiger partial charge in [0.2, 0.25) is 0 Å². The number of aryl methyl sites for hydroxylation is 2. The lowest BCUT2D eigenvalue weighted by Crippen LogP contribution is -2.41. The van der Waals surface area contributed by atoms with E-state index in [1.54, 1.807) is 7.05 Å². The fraction of sp³-hybridized carbons (Fsp3) is 0.464. The molecule has 3 aromatic rings. The monoisotopic (exact) mass is 527 g/mol. The van der Waals surface area contributed by atoms with Crippen LogP contribution in [0.2, 0.25) is 5.02 Å². The maximum Gasteiger partial charge on any atom is 0.181 e. The van der Waals surface area contributed by atoms with E-state index in [9.17, 15) is 8.42 Å². The lowest BCUT2D eigenvalue weighted by atomic mass is 9.75. The van der Waals surface area contributed by atoms with Crippen molar-refractivity contribution in [2.45, 2.75) is 55.4 Å². The first kappa shape index (κ1) is 25.3. The molecule has 0 saturated carbocycles. The van der Waals surface area contributed by atoms with E-state index >= 15 is 0 Å². The molecule has 0 amide bonds. The van der Waals surface area contributed by atoms with Gasteiger partial charge < -0.3 is 4.74 Å². The molecular formula is C28H34ClN3O3S. The Balaban J connectivity index is 1.30. The van der Waals surface area contributed by atoms with Crippen LogP contribution in [-0.2, 0) is 29.7 Å². The van der Waals surface area contributed by atoms with Crippen LogP contribution in [0.15, 0.2) is 59.8 Å². The van der Waals surface area contributed by atoms with Gasteiger partial charge in [-0.1, -0.05) is 29.8 Å². The van der Waals surface area contributed by atoms with Gasteiger partial charge in [-0.2, -0.15) is 5.10 Å². The quantitative estimate of drug-likeness (QED) is 0.364. The van der Waals surface area contributed by atoms with Gasteiger partial charge >= 0.3 is 0 Å². The molecule has 1 aromatic heterocycles. The maximum absolute atomic E-state index is 12.5. The molecular weight excluding hydrogens is 494 g/mol. The number of aromatic nitrogens is 2. The molecule has 2 aliphatic rings. The Morgan fingerprint density at radius 3 is 2.72 bits per heavy atom. The summed E-state index contributed by atoms with van der Waals surface area (Å²) in [7, 11) is -1.64. The molecule has 5 rings (SSSR count). The van der Waals surface area contributed by atoms with E-state index in [1.807, 2.05) is 18.2 Å². The number of fused-ring (bicyclic) bond motifs is 1. The number of ether oxygens (including phenoxy) is 1. The molecule has 0 radical (unpaired) electrons. The Hall–Kier alpha value is -2.35. The first-order valence-corrected chi connectivity index (χ1v) is 14.9. The van der Waals surface area contributed by atoms with Crippen molar-refractivity contribution in [1.29, 1.82) is 0 Å². The van der Waals surface area contributed by atoms with Crippen LogP contribution >= 0.6 is 11.6 Å². The summed E-state index contributed by atoms with van der Waals surface area (Å²) in [4.78, 5) is 2.94. The molecule has 6 nitrogen and oxygen atoms in total. The number of rotatable bonds is 9. The third-order valence-electron chi connectivity index (χ3n) is 7.51. The molecule has 1 saturated heterocycles. The second kappa shape index (κ2) is 11.0. The van der Waals surface area contributed by atoms with E-state index in [-0.39, 0.29) is 10.6 Å². The van der Waals surface area contributed by atoms with Gasteiger partial charge in [0, 0.05) is 30.2 Å². The van der Waals surface area contributed by atoms with Crippen LogP contribution in [0.5, 0.6) is 5.75 Å². The number of sulfone groups is 1. The summed E-state index contributed by atoms with van der Waals surface area (Å²) in [5.41, 5.74) is 4.01. The predicted octanol–water partition coefficient (Wildman–Crippen LogP) is 5.05. The largest absolute Gasteiger partial charge is 0.494 e. The number of nitrogens with zero attached hydrogens (tertiary/aromatic N) is 3. The first-order chi connectivity index (χ1) is 17.4. The molecule has 192 valence electrons. The van der Waals surface area contributed by atoms with Gasteiger partial charge in [-0.15, -0.1) is 0 Å². The lowest BCUT2D eigenvalue weighted by Gasteiger charge is -2.39. The van der Waals surface area contributed by atoms with Crippen LogP contribution in [0.1, 0.15) is 48.3 Å². The second-order valence-electron chi connectivity index (χ2n) is 10.0. The smallest absolute Gasteiger partial charge is 0.181 e. The Labute approximate surface area is 219 Å². The minimum atomic E-state index is -3.35. The average Bonchev–Trinajstić information content (AvgIpc) is 3.55. The van der Waals surface area contributed by atoms with E-state index in [0.717, 1.165) is 23.6 Å². The third-order valence-corrected chi connectivity index (χ3v) is 9.50. The van der Waals surface area contributed by atoms with Crippen LogP contribution < -0.4 is 4.74 Å². The first-order valence-electron chi connectivity index (χ1n) is 12.8. The summed E-state index contributed by atoms with van der Waals surface area (Å²) in [6, 6.07) is 15.2. The van der Waals surface area contributed by atoms with E-state index in [2.05, 4.69) is 34.3 Å². The van der Waals surface area contributed by atoms with E-state index in [4.69, 9.17) is 16.3 Å². The number of halogens is 1. The van der Waals surface area contributed by atoms with Crippen molar-refractivity contribution in [3.05, 3.63) is 76.6 Å². The van der Waals surface area contributed by atoms with Crippen LogP contribution in [0.3, 0.4) is 0 Å². The van der Waals surface area contributed by atoms with E-state index in [0.29, 0.717) is 25.0 Å². The summed E-state index contributed by atoms with van der Waals surface area (Å²) >= 11 is 6.32. The molecule has 1 aliphatic heterocycles. The maximum atomic E-state index is 12.5. The second-order valence-corrected chi connectivity index (χ2v) is 12.6. The lowest BCUT2D eigenvalue weighted by molar-refractivity contribution is 0.188. The van der Waals surface area contributed by atoms with Gasteiger partial charge in [0.25, 0.3) is 0 Å². The Bertz CT molecular complexity index is 1300. The van der Waals surface area contributed by atoms with Crippen molar-refractivity contribution < 1.29 is 13.2 Å². The van der Waals surface area contributed by atoms with Crippen molar-refractivity contribution in [3.63, 3.8) is 0 Å². The van der Waals surface area contributed by atoms with Crippen molar-refractivity contribution >= 4 is 21.4 Å². The van der Waals surface area contributed by atoms with Crippen molar-refractivity contribution in [1.82, 2.24) is 14.7 Å². The van der Waals surface area contributed by atoms with E-state index < -0.39 is 9.84 Å². The molecule has 1 fully saturated rings. The molecule has 2 unspecified atom stereocenters. The molecule has 2 aromatic carbocycles. The van der Waals surface area contributed by atoms with Crippen molar-refractivity contribution in [2.75, 3.05) is 25.4 Å². The topological polar surface area (TPSA) is 64.4 Å². The summed E-state index contributed by atoms with van der Waals surface area (Å²) in [5, 5.41) is 4.75. The molecule has 0 bridgehead atoms. The fourth-order valence-corrected chi connectivity index (χ4v) is 7.21. The summed E-state index contributed by atoms with van der Waals surface area (Å²) in [5.74, 6) is 1.23. The summed E-state index contributed by atoms with van der Waals surface area (Å²) < 4.78 is 32.6. The number of likely N-dealkylation sites (tertiary alicyclic amines) is 1. The van der Waals surface area contributed by atoms with Crippen molar-refractivity contribution in [2.24, 2.45) is 7.05 Å². The SMILES string of the molecule is Cn1cc(S(=O)(=O)CCCOc2ccc3c(c2)C(Cc2cccc(Cl)c2)C(N2CCCC2)CC3)cn1. The van der Waals surface area contributed by atoms with Crippen molar-refractivity contribution in [3.8, 4) is 5.75 Å². The minimum absolute atomic E-state index is 0.0397. The summed E-state index contributed by atoms with van der Waals surface area (Å²) in [6.45, 7) is 2.70. The predicted molar refractivity (Wildman–Crippen MR) is 143 cm³/mol. The molecule has 8 heteroatoms. The normalized spacial score (nSPS) is 20.4. The molecule has 36 heavy (non-hydrogen) atoms. The highest BCUT2D eigenvalue weighted by Crippen LogP contribution is 2.40. The number of hydrogen-bond acceptors (Lipinski definition) is 5. The van der Waals surface area contributed by atoms with Gasteiger partial charge in [0.15, 0.2) is 9.84 Å². The van der Waals surface area contributed by atoms with Gasteiger partial charge in [-0.3, -0.25) is 9.58 Å². The number of benzene rings is 2. The average molecular weight is 528 g/mol. The Kier molecular flexibility index (Phi) is 7.70. The standard InChI is InChI=1S/C28H34ClN3O3S/c1-31-20-25(19-30-31)36(33,34)15-5-14-35-24-10-8-22-9-11-28(32-12-2-3-13-32)27(26(22)18-24)17-21-6-4-7-23(29)16-21/h4,6-8,10,16,18-20,27-28H,2-3,5,9,11-15,17H2,1H3. The molecule has 2 atom stereocenters. The fourth-order valence-electron chi connectivity index (χ4n) is 5.74. The van der Waals surface area contributed by atoms with Gasteiger partial charge in [-0.05, 0) is 92.6 Å². The molecule has 0 spiro atoms. The van der Waals surface area contributed by atoms with Crippen LogP contribution in [-0.4, -0.2) is 54.6 Å². The zero-order chi connectivity index (χ0) is 25.1. The minimum Gasteiger partial charge on any atom is -0.494 e. The Morgan fingerprint density at radius 2 is 1.97 bits per heavy atom. The highest BCUT2D eigenvalue weighted by atomic mass is 35.5. The number of hydrogen-bond donors (Lipinski definition) is 0. The Morgan fingerprint density at radius 1 is 1.14 bits per heavy atom. The highest BCUT2D eigenvalue weighted by Gasteiger charge is 2.35. The van der Waals surface area contributed by atoms with Gasteiger partial charge in [0.1, 0.15) is 10.6 Å². The molecule has 2 heterocycles. The van der Waals surface area contributed by atoms with Gasteiger partial charge in [0.05, 0.1) is 18.6 Å². The zero-order valence-electron chi connectivity index (χ0n) is 20.8. The van der Waals surface area contributed by atoms with E-state index in [1.165, 1.54) is 66.1 Å². The molecule has 1 aliphatic carbocycles. The molecule has 0 N–H and O–H groups in total. The summed E-state index contributed by atoms with van der Waals surface area (Å²) in [6.07, 6.45) is 9.11. The van der Waals surface area contributed by atoms with Gasteiger partial charge in [-0.25, -0.2) is 8.42 Å². The highest BCUT2D eigenvalue weighted by molar-refractivity contribution is 7.91.